The third kappa shape index (κ3) is 8.35. The first kappa shape index (κ1) is 47.4. The summed E-state index contributed by atoms with van der Waals surface area (Å²) in [6.07, 6.45) is 6.21. The van der Waals surface area contributed by atoms with Gasteiger partial charge >= 0.3 is 17.6 Å². The number of anilines is 2. The molecule has 374 valence electrons. The number of hydrogen-bond donors (Lipinski definition) is 2. The summed E-state index contributed by atoms with van der Waals surface area (Å²) in [5.41, 5.74) is 1.93. The third-order valence-electron chi connectivity index (χ3n) is 12.3. The van der Waals surface area contributed by atoms with Crippen molar-refractivity contribution in [3.63, 3.8) is 0 Å². The summed E-state index contributed by atoms with van der Waals surface area (Å²) in [6, 6.07) is 15.3. The molecule has 0 saturated carbocycles. The lowest BCUT2D eigenvalue weighted by Gasteiger charge is -2.33. The van der Waals surface area contributed by atoms with Gasteiger partial charge in [0, 0.05) is 16.3 Å². The summed E-state index contributed by atoms with van der Waals surface area (Å²) in [5.74, 6) is 1.37. The van der Waals surface area contributed by atoms with E-state index in [4.69, 9.17) is 44.5 Å². The molecule has 0 spiro atoms. The van der Waals surface area contributed by atoms with E-state index in [9.17, 15) is 24.6 Å². The van der Waals surface area contributed by atoms with Crippen LogP contribution in [0.3, 0.4) is 0 Å². The molecule has 0 aliphatic carbocycles. The maximum atomic E-state index is 13.7. The van der Waals surface area contributed by atoms with E-state index in [1.165, 1.54) is 80.5 Å². The normalized spacial score (nSPS) is 15.6. The van der Waals surface area contributed by atoms with Gasteiger partial charge in [-0.15, -0.1) is 56.7 Å². The zero-order valence-electron chi connectivity index (χ0n) is 38.7. The Morgan fingerprint density at radius 3 is 1.68 bits per heavy atom. The summed E-state index contributed by atoms with van der Waals surface area (Å²) in [7, 11) is 0. The third-order valence-corrected chi connectivity index (χ3v) is 19.7. The number of rotatable bonds is 13. The molecule has 12 rings (SSSR count). The Hall–Kier alpha value is -6.61. The van der Waals surface area contributed by atoms with Gasteiger partial charge in [-0.3, -0.25) is 19.0 Å². The second-order valence-electron chi connectivity index (χ2n) is 16.9. The predicted molar refractivity (Wildman–Crippen MR) is 282 cm³/mol. The van der Waals surface area contributed by atoms with Crippen LogP contribution in [-0.2, 0) is 16.1 Å². The first-order valence-electron chi connectivity index (χ1n) is 23.4. The molecule has 0 radical (unpaired) electrons. The number of nitrogens with zero attached hydrogens (tertiary/aromatic N) is 3. The van der Waals surface area contributed by atoms with Crippen molar-refractivity contribution in [3.05, 3.63) is 78.3 Å². The number of carbonyl (C=O) groups is 2. The van der Waals surface area contributed by atoms with Gasteiger partial charge in [0.2, 0.25) is 0 Å². The molecule has 0 unspecified atom stereocenters. The topological polar surface area (TPSA) is 178 Å². The van der Waals surface area contributed by atoms with Gasteiger partial charge in [0.05, 0.1) is 61.5 Å². The highest BCUT2D eigenvalue weighted by molar-refractivity contribution is 7.99. The first-order chi connectivity index (χ1) is 35.7. The molecule has 0 fully saturated rings. The molecule has 16 nitrogen and oxygen atoms in total. The van der Waals surface area contributed by atoms with E-state index in [1.807, 2.05) is 0 Å². The van der Waals surface area contributed by atoms with Crippen LogP contribution in [0.5, 0.6) is 46.0 Å². The summed E-state index contributed by atoms with van der Waals surface area (Å²) < 4.78 is 51.8. The summed E-state index contributed by atoms with van der Waals surface area (Å²) in [4.78, 5) is 51.4. The second kappa shape index (κ2) is 19.7. The number of hydrogen-bond acceptors (Lipinski definition) is 18. The fourth-order valence-electron chi connectivity index (χ4n) is 9.20. The summed E-state index contributed by atoms with van der Waals surface area (Å²) >= 11 is 8.30. The van der Waals surface area contributed by atoms with Crippen molar-refractivity contribution in [2.45, 2.75) is 48.9 Å². The molecule has 5 aliphatic heterocycles. The van der Waals surface area contributed by atoms with E-state index in [1.54, 1.807) is 23.1 Å². The highest BCUT2D eigenvalue weighted by Crippen LogP contribution is 2.66. The highest BCUT2D eigenvalue weighted by Gasteiger charge is 2.39. The van der Waals surface area contributed by atoms with Gasteiger partial charge in [0.25, 0.3) is 5.56 Å². The van der Waals surface area contributed by atoms with Gasteiger partial charge < -0.3 is 53.0 Å². The van der Waals surface area contributed by atoms with E-state index in [-0.39, 0.29) is 29.0 Å². The molecule has 0 atom stereocenters. The Labute approximate surface area is 440 Å². The van der Waals surface area contributed by atoms with Crippen LogP contribution in [0.2, 0.25) is 0 Å². The van der Waals surface area contributed by atoms with Crippen LogP contribution in [0, 0.1) is 6.57 Å². The lowest BCUT2D eigenvalue weighted by Crippen LogP contribution is -2.35. The number of benzene rings is 2. The maximum absolute atomic E-state index is 13.7. The predicted octanol–water partition coefficient (Wildman–Crippen LogP) is 10.1. The standard InChI is InChI=1S/C51H41N3O13S6/c1-3-4-5-8-13-53-26-9-6-7-10-28(26)68-29-22-25(11-12-27(29)53)42-36-37(63-17-16-62-36)45(71-42)46-40-41(67-21-20-66-40)48(73-46)47-39-38(64-18-19-65-39)44(72-47)43-35-34(60-14-15-61-35)30(69-43)23-31-49(57)54(24-32(55)56)50(70-31)33(52-2)51(58)59/h6-7,9-12,22-23H,3-5,8,13-21,24H2,1H3,(H,55,56)(H,58,59)/b31-23-,50-33-. The number of carboxylic acid groups (broad SMARTS) is 2. The maximum Gasteiger partial charge on any atom is 0.336 e. The van der Waals surface area contributed by atoms with Crippen molar-refractivity contribution in [3.8, 4) is 85.7 Å². The largest absolute Gasteiger partial charge is 0.486 e. The number of thiazole rings is 1. The van der Waals surface area contributed by atoms with Crippen LogP contribution >= 0.6 is 68.4 Å². The minimum atomic E-state index is -1.58. The van der Waals surface area contributed by atoms with Crippen LogP contribution in [-0.4, -0.2) is 86.1 Å². The average molecular weight is 1100 g/mol. The number of unbranched alkanes of at least 4 members (excludes halogenated alkanes) is 3. The van der Waals surface area contributed by atoms with Crippen LogP contribution in [0.25, 0.3) is 56.3 Å². The molecule has 2 N–H and O–H groups in total. The smallest absolute Gasteiger partial charge is 0.336 e. The number of ether oxygens (including phenoxy) is 8. The number of fused-ring (bicyclic) bond motifs is 6. The number of para-hydroxylation sites is 1. The molecule has 7 aromatic rings. The van der Waals surface area contributed by atoms with E-state index >= 15 is 0 Å². The Kier molecular flexibility index (Phi) is 12.8. The van der Waals surface area contributed by atoms with Gasteiger partial charge in [0.15, 0.2) is 46.0 Å². The van der Waals surface area contributed by atoms with Crippen molar-refractivity contribution in [1.82, 2.24) is 4.57 Å². The minimum absolute atomic E-state index is 0.0104. The highest BCUT2D eigenvalue weighted by atomic mass is 32.2. The number of aromatic nitrogens is 1. The Bertz CT molecular complexity index is 3630. The monoisotopic (exact) mass is 1100 g/mol. The second-order valence-corrected chi connectivity index (χ2v) is 23.2. The van der Waals surface area contributed by atoms with Crippen molar-refractivity contribution in [2.75, 3.05) is 64.3 Å². The molecule has 73 heavy (non-hydrogen) atoms. The number of carboxylic acids is 2. The average Bonchev–Trinajstić information content (AvgIpc) is 4.23. The molecular formula is C51H41N3O13S6. The molecular weight excluding hydrogens is 1050 g/mol. The van der Waals surface area contributed by atoms with E-state index < -0.39 is 29.7 Å². The van der Waals surface area contributed by atoms with Crippen molar-refractivity contribution < 1.29 is 57.7 Å². The molecule has 0 bridgehead atoms. The molecule has 5 aromatic heterocycles. The molecule has 2 aromatic carbocycles. The van der Waals surface area contributed by atoms with E-state index in [2.05, 4.69) is 59.1 Å². The quantitative estimate of drug-likeness (QED) is 0.0823. The minimum Gasteiger partial charge on any atom is -0.486 e. The SMILES string of the molecule is [C-]#[N+]/C(C(=O)O)=c1\s/c(=C\c2sc(-c3sc(-c4sc(-c5sc(-c6ccc7c(c6)Sc6ccccc6N7CCCCCC)c6c5OCCO6)c5c4OCCO5)c4c3OCCO4)c3c2OCCO3)c(=O)n1CC(=O)O. The molecule has 10 heterocycles. The van der Waals surface area contributed by atoms with Crippen molar-refractivity contribution in [1.29, 1.82) is 0 Å². The lowest BCUT2D eigenvalue weighted by molar-refractivity contribution is -0.138. The first-order valence-corrected chi connectivity index (χ1v) is 28.3. The fourth-order valence-corrected chi connectivity index (χ4v) is 16.5. The van der Waals surface area contributed by atoms with Crippen molar-refractivity contribution in [2.24, 2.45) is 0 Å². The number of thiophene rings is 4. The van der Waals surface area contributed by atoms with Gasteiger partial charge in [0.1, 0.15) is 64.1 Å². The van der Waals surface area contributed by atoms with Crippen molar-refractivity contribution >= 4 is 104 Å². The molecule has 5 aliphatic rings. The molecule has 0 saturated heterocycles. The Morgan fingerprint density at radius 2 is 1.14 bits per heavy atom. The van der Waals surface area contributed by atoms with Gasteiger partial charge in [-0.25, -0.2) is 4.85 Å². The van der Waals surface area contributed by atoms with Crippen LogP contribution in [0.1, 0.15) is 37.5 Å². The van der Waals surface area contributed by atoms with Gasteiger partial charge in [-0.1, -0.05) is 56.1 Å². The zero-order chi connectivity index (χ0) is 49.9. The summed E-state index contributed by atoms with van der Waals surface area (Å²) in [6.45, 7) is 12.3. The molecule has 0 amide bonds. The number of aliphatic carboxylic acids is 2. The lowest BCUT2D eigenvalue weighted by atomic mass is 10.1. The Balaban J connectivity index is 0.959. The zero-order valence-corrected chi connectivity index (χ0v) is 43.6. The van der Waals surface area contributed by atoms with Crippen LogP contribution in [0.15, 0.2) is 57.1 Å². The van der Waals surface area contributed by atoms with E-state index in [0.29, 0.717) is 93.7 Å². The van der Waals surface area contributed by atoms with Crippen LogP contribution in [0.4, 0.5) is 11.4 Å². The van der Waals surface area contributed by atoms with Gasteiger partial charge in [-0.05, 0) is 42.3 Å². The van der Waals surface area contributed by atoms with Crippen LogP contribution < -0.4 is 57.5 Å². The van der Waals surface area contributed by atoms with E-state index in [0.717, 1.165) is 58.8 Å². The summed E-state index contributed by atoms with van der Waals surface area (Å²) in [5, 5.41) is 19.4. The Morgan fingerprint density at radius 1 is 0.630 bits per heavy atom. The fraction of sp³-hybridized carbons (Fsp3) is 0.294. The van der Waals surface area contributed by atoms with Gasteiger partial charge in [-0.2, -0.15) is 0 Å². The molecule has 22 heteroatoms.